The Hall–Kier alpha value is -1.95. The number of carbonyl (C=O) groups is 1. The summed E-state index contributed by atoms with van der Waals surface area (Å²) in [5.74, 6) is -0.741. The molecule has 0 fully saturated rings. The Balaban J connectivity index is 2.59. The smallest absolute Gasteiger partial charge is 0.362 e. The lowest BCUT2D eigenvalue weighted by Crippen LogP contribution is -2.21. The summed E-state index contributed by atoms with van der Waals surface area (Å²) < 4.78 is 7.06. The summed E-state index contributed by atoms with van der Waals surface area (Å²) in [6.07, 6.45) is 1.52. The van der Waals surface area contributed by atoms with Crippen LogP contribution in [0.25, 0.3) is 5.69 Å². The van der Waals surface area contributed by atoms with Gasteiger partial charge in [-0.1, -0.05) is 15.9 Å². The van der Waals surface area contributed by atoms with Crippen molar-refractivity contribution in [2.75, 3.05) is 7.11 Å². The molecule has 5 nitrogen and oxygen atoms in total. The van der Waals surface area contributed by atoms with E-state index in [2.05, 4.69) is 25.8 Å². The standard InChI is InChI=1S/C14H13BrN2O3/c1-8-6-10(7-9(2)12(8)15)17-5-4-11(18)13(16-17)14(19)20-3/h4-7H,1-3H3. The number of carbonyl (C=O) groups excluding carboxylic acids is 1. The second-order valence-electron chi connectivity index (χ2n) is 4.36. The first-order valence-corrected chi connectivity index (χ1v) is 6.68. The van der Waals surface area contributed by atoms with E-state index < -0.39 is 11.4 Å². The molecular weight excluding hydrogens is 324 g/mol. The Kier molecular flexibility index (Phi) is 4.04. The van der Waals surface area contributed by atoms with Crippen molar-refractivity contribution in [3.63, 3.8) is 0 Å². The van der Waals surface area contributed by atoms with Gasteiger partial charge in [0.1, 0.15) is 0 Å². The molecule has 104 valence electrons. The largest absolute Gasteiger partial charge is 0.464 e. The van der Waals surface area contributed by atoms with E-state index in [1.165, 1.54) is 24.1 Å². The van der Waals surface area contributed by atoms with E-state index in [9.17, 15) is 9.59 Å². The lowest BCUT2D eigenvalue weighted by molar-refractivity contribution is 0.0590. The minimum atomic E-state index is -0.741. The van der Waals surface area contributed by atoms with E-state index in [0.717, 1.165) is 21.3 Å². The third kappa shape index (κ3) is 2.65. The van der Waals surface area contributed by atoms with E-state index in [1.54, 1.807) is 0 Å². The highest BCUT2D eigenvalue weighted by atomic mass is 79.9. The first kappa shape index (κ1) is 14.5. The summed E-state index contributed by atoms with van der Waals surface area (Å²) in [6.45, 7) is 3.93. The SMILES string of the molecule is COC(=O)c1nn(-c2cc(C)c(Br)c(C)c2)ccc1=O. The molecule has 0 aliphatic rings. The van der Waals surface area contributed by atoms with Crippen molar-refractivity contribution in [2.24, 2.45) is 0 Å². The van der Waals surface area contributed by atoms with Gasteiger partial charge in [0.25, 0.3) is 0 Å². The van der Waals surface area contributed by atoms with Crippen molar-refractivity contribution in [1.82, 2.24) is 9.78 Å². The summed E-state index contributed by atoms with van der Waals surface area (Å²) in [5.41, 5.74) is 2.17. The van der Waals surface area contributed by atoms with Crippen LogP contribution in [0.3, 0.4) is 0 Å². The normalized spacial score (nSPS) is 10.4. The van der Waals surface area contributed by atoms with Crippen LogP contribution in [0.2, 0.25) is 0 Å². The van der Waals surface area contributed by atoms with Gasteiger partial charge in [-0.05, 0) is 37.1 Å². The molecule has 2 aromatic rings. The van der Waals surface area contributed by atoms with Crippen LogP contribution in [-0.4, -0.2) is 22.9 Å². The van der Waals surface area contributed by atoms with Crippen molar-refractivity contribution in [1.29, 1.82) is 0 Å². The molecule has 20 heavy (non-hydrogen) atoms. The number of hydrogen-bond donors (Lipinski definition) is 0. The molecule has 1 heterocycles. The summed E-state index contributed by atoms with van der Waals surface area (Å²) in [5, 5.41) is 4.04. The molecule has 0 unspecified atom stereocenters. The predicted octanol–water partition coefficient (Wildman–Crippen LogP) is 2.40. The maximum Gasteiger partial charge on any atom is 0.362 e. The van der Waals surface area contributed by atoms with Crippen LogP contribution in [0.5, 0.6) is 0 Å². The molecule has 1 aromatic heterocycles. The molecule has 1 aromatic carbocycles. The zero-order valence-electron chi connectivity index (χ0n) is 11.3. The maximum absolute atomic E-state index is 11.6. The average Bonchev–Trinajstić information content (AvgIpc) is 2.44. The van der Waals surface area contributed by atoms with Crippen LogP contribution in [-0.2, 0) is 4.74 Å². The second-order valence-corrected chi connectivity index (χ2v) is 5.15. The number of rotatable bonds is 2. The molecule has 0 spiro atoms. The molecule has 0 aliphatic carbocycles. The lowest BCUT2D eigenvalue weighted by Gasteiger charge is -2.10. The zero-order chi connectivity index (χ0) is 14.9. The monoisotopic (exact) mass is 336 g/mol. The van der Waals surface area contributed by atoms with Gasteiger partial charge < -0.3 is 4.74 Å². The van der Waals surface area contributed by atoms with E-state index >= 15 is 0 Å². The number of ether oxygens (including phenoxy) is 1. The fourth-order valence-corrected chi connectivity index (χ4v) is 2.07. The van der Waals surface area contributed by atoms with Gasteiger partial charge in [0.2, 0.25) is 11.1 Å². The number of benzene rings is 1. The maximum atomic E-state index is 11.6. The summed E-state index contributed by atoms with van der Waals surface area (Å²) in [4.78, 5) is 23.1. The molecule has 0 atom stereocenters. The van der Waals surface area contributed by atoms with Gasteiger partial charge >= 0.3 is 5.97 Å². The molecule has 0 saturated carbocycles. The molecule has 0 N–H and O–H groups in total. The highest BCUT2D eigenvalue weighted by Crippen LogP contribution is 2.23. The van der Waals surface area contributed by atoms with Crippen LogP contribution in [0, 0.1) is 13.8 Å². The van der Waals surface area contributed by atoms with Crippen molar-refractivity contribution in [2.45, 2.75) is 13.8 Å². The molecule has 0 aliphatic heterocycles. The van der Waals surface area contributed by atoms with Gasteiger partial charge in [-0.15, -0.1) is 0 Å². The Morgan fingerprint density at radius 1 is 1.30 bits per heavy atom. The number of hydrogen-bond acceptors (Lipinski definition) is 4. The molecule has 6 heteroatoms. The van der Waals surface area contributed by atoms with Gasteiger partial charge in [-0.3, -0.25) is 4.79 Å². The topological polar surface area (TPSA) is 61.2 Å². The predicted molar refractivity (Wildman–Crippen MR) is 78.3 cm³/mol. The van der Waals surface area contributed by atoms with Gasteiger partial charge in [-0.25, -0.2) is 9.48 Å². The van der Waals surface area contributed by atoms with Gasteiger partial charge in [-0.2, -0.15) is 5.10 Å². The first-order chi connectivity index (χ1) is 9.43. The Bertz CT molecular complexity index is 714. The number of aromatic nitrogens is 2. The van der Waals surface area contributed by atoms with Gasteiger partial charge in [0, 0.05) is 16.7 Å². The Labute approximate surface area is 124 Å². The fraction of sp³-hybridized carbons (Fsp3) is 0.214. The van der Waals surface area contributed by atoms with Crippen molar-refractivity contribution in [3.05, 3.63) is 55.9 Å². The van der Waals surface area contributed by atoms with Crippen LogP contribution in [0.4, 0.5) is 0 Å². The molecular formula is C14H13BrN2O3. The summed E-state index contributed by atoms with van der Waals surface area (Å²) in [6, 6.07) is 5.12. The first-order valence-electron chi connectivity index (χ1n) is 5.89. The minimum Gasteiger partial charge on any atom is -0.464 e. The Morgan fingerprint density at radius 3 is 2.45 bits per heavy atom. The van der Waals surface area contributed by atoms with Crippen molar-refractivity contribution >= 4 is 21.9 Å². The lowest BCUT2D eigenvalue weighted by atomic mass is 10.1. The van der Waals surface area contributed by atoms with Crippen molar-refractivity contribution in [3.8, 4) is 5.69 Å². The summed E-state index contributed by atoms with van der Waals surface area (Å²) in [7, 11) is 1.22. The average molecular weight is 337 g/mol. The molecule has 0 saturated heterocycles. The molecule has 0 bridgehead atoms. The molecule has 0 radical (unpaired) electrons. The highest BCUT2D eigenvalue weighted by Gasteiger charge is 2.14. The van der Waals surface area contributed by atoms with Crippen LogP contribution in [0.1, 0.15) is 21.6 Å². The zero-order valence-corrected chi connectivity index (χ0v) is 12.9. The van der Waals surface area contributed by atoms with E-state index in [1.807, 2.05) is 26.0 Å². The molecule has 0 amide bonds. The minimum absolute atomic E-state index is 0.228. The van der Waals surface area contributed by atoms with Crippen molar-refractivity contribution < 1.29 is 9.53 Å². The van der Waals surface area contributed by atoms with Crippen LogP contribution < -0.4 is 5.43 Å². The third-order valence-electron chi connectivity index (χ3n) is 2.87. The van der Waals surface area contributed by atoms with E-state index in [0.29, 0.717) is 0 Å². The number of esters is 1. The quantitative estimate of drug-likeness (QED) is 0.790. The Morgan fingerprint density at radius 2 is 1.90 bits per heavy atom. The van der Waals surface area contributed by atoms with Gasteiger partial charge in [0.15, 0.2) is 0 Å². The number of nitrogens with zero attached hydrogens (tertiary/aromatic N) is 2. The molecule has 2 rings (SSSR count). The number of aryl methyl sites for hydroxylation is 2. The van der Waals surface area contributed by atoms with Crippen LogP contribution >= 0.6 is 15.9 Å². The second kappa shape index (κ2) is 5.58. The van der Waals surface area contributed by atoms with E-state index in [4.69, 9.17) is 0 Å². The summed E-state index contributed by atoms with van der Waals surface area (Å²) >= 11 is 3.49. The van der Waals surface area contributed by atoms with E-state index in [-0.39, 0.29) is 5.69 Å². The van der Waals surface area contributed by atoms with Gasteiger partial charge in [0.05, 0.1) is 12.8 Å². The highest BCUT2D eigenvalue weighted by molar-refractivity contribution is 9.10. The third-order valence-corrected chi connectivity index (χ3v) is 4.12. The number of halogens is 1. The number of methoxy groups -OCH3 is 1. The fourth-order valence-electron chi connectivity index (χ4n) is 1.84. The van der Waals surface area contributed by atoms with Crippen LogP contribution in [0.15, 0.2) is 33.7 Å².